The van der Waals surface area contributed by atoms with E-state index >= 15 is 0 Å². The lowest BCUT2D eigenvalue weighted by Gasteiger charge is -2.21. The molecule has 5 nitrogen and oxygen atoms in total. The highest BCUT2D eigenvalue weighted by molar-refractivity contribution is 5.89. The normalized spacial score (nSPS) is 13.0. The molecule has 0 saturated heterocycles. The summed E-state index contributed by atoms with van der Waals surface area (Å²) >= 11 is 0. The molecule has 1 aromatic carbocycles. The Morgan fingerprint density at radius 2 is 1.88 bits per heavy atom. The first-order valence-electron chi connectivity index (χ1n) is 7.89. The molecule has 0 spiro atoms. The maximum atomic E-state index is 12.1. The van der Waals surface area contributed by atoms with E-state index in [0.717, 1.165) is 5.56 Å². The van der Waals surface area contributed by atoms with Gasteiger partial charge in [-0.1, -0.05) is 56.3 Å². The highest BCUT2D eigenvalue weighted by atomic mass is 16.5. The van der Waals surface area contributed by atoms with Crippen LogP contribution in [0.15, 0.2) is 48.2 Å². The Labute approximate surface area is 143 Å². The quantitative estimate of drug-likeness (QED) is 0.586. The SMILES string of the molecule is C/C=C(\N[C@H](C(=O)OC)C(C)C)C(=O)OCC=Cc1ccccc1. The molecule has 24 heavy (non-hydrogen) atoms. The van der Waals surface area contributed by atoms with Crippen molar-refractivity contribution in [3.63, 3.8) is 0 Å². The molecular formula is C19H25NO4. The number of allylic oxidation sites excluding steroid dienone is 1. The second-order valence-corrected chi connectivity index (χ2v) is 5.50. The van der Waals surface area contributed by atoms with Gasteiger partial charge in [-0.05, 0) is 24.5 Å². The predicted molar refractivity (Wildman–Crippen MR) is 94.0 cm³/mol. The van der Waals surface area contributed by atoms with Crippen LogP contribution in [0.2, 0.25) is 0 Å². The molecule has 0 fully saturated rings. The van der Waals surface area contributed by atoms with Gasteiger partial charge in [0.15, 0.2) is 0 Å². The summed E-state index contributed by atoms with van der Waals surface area (Å²) in [6.07, 6.45) is 5.23. The molecule has 0 aromatic heterocycles. The van der Waals surface area contributed by atoms with Gasteiger partial charge in [0.1, 0.15) is 18.3 Å². The average Bonchev–Trinajstić information content (AvgIpc) is 2.59. The Kier molecular flexibility index (Phi) is 8.33. The summed E-state index contributed by atoms with van der Waals surface area (Å²) in [4.78, 5) is 23.9. The van der Waals surface area contributed by atoms with Crippen molar-refractivity contribution in [3.8, 4) is 0 Å². The van der Waals surface area contributed by atoms with Crippen LogP contribution in [-0.2, 0) is 19.1 Å². The molecule has 130 valence electrons. The number of benzene rings is 1. The van der Waals surface area contributed by atoms with Crippen LogP contribution >= 0.6 is 0 Å². The van der Waals surface area contributed by atoms with Crippen LogP contribution in [0.1, 0.15) is 26.3 Å². The first-order chi connectivity index (χ1) is 11.5. The molecule has 1 aromatic rings. The first kappa shape index (κ1) is 19.5. The van der Waals surface area contributed by atoms with Gasteiger partial charge in [-0.2, -0.15) is 0 Å². The maximum Gasteiger partial charge on any atom is 0.354 e. The zero-order valence-electron chi connectivity index (χ0n) is 14.6. The molecule has 0 bridgehead atoms. The summed E-state index contributed by atoms with van der Waals surface area (Å²) in [5.74, 6) is -0.955. The van der Waals surface area contributed by atoms with Crippen LogP contribution < -0.4 is 5.32 Å². The molecule has 0 aliphatic heterocycles. The highest BCUT2D eigenvalue weighted by Crippen LogP contribution is 2.08. The Morgan fingerprint density at radius 3 is 2.42 bits per heavy atom. The summed E-state index contributed by atoms with van der Waals surface area (Å²) in [5, 5.41) is 2.90. The van der Waals surface area contributed by atoms with E-state index in [9.17, 15) is 9.59 Å². The lowest BCUT2D eigenvalue weighted by Crippen LogP contribution is -2.43. The number of methoxy groups -OCH3 is 1. The molecule has 5 heteroatoms. The minimum absolute atomic E-state index is 0.0295. The molecule has 1 rings (SSSR count). The van der Waals surface area contributed by atoms with Crippen molar-refractivity contribution in [3.05, 3.63) is 53.7 Å². The van der Waals surface area contributed by atoms with Gasteiger partial charge in [-0.25, -0.2) is 9.59 Å². The van der Waals surface area contributed by atoms with Crippen molar-refractivity contribution >= 4 is 18.0 Å². The van der Waals surface area contributed by atoms with Crippen molar-refractivity contribution in [2.75, 3.05) is 13.7 Å². The fourth-order valence-electron chi connectivity index (χ4n) is 2.00. The van der Waals surface area contributed by atoms with Gasteiger partial charge in [-0.15, -0.1) is 0 Å². The number of esters is 2. The molecule has 0 unspecified atom stereocenters. The van der Waals surface area contributed by atoms with E-state index in [-0.39, 0.29) is 18.2 Å². The summed E-state index contributed by atoms with van der Waals surface area (Å²) in [6, 6.07) is 9.13. The second kappa shape index (κ2) is 10.3. The van der Waals surface area contributed by atoms with Gasteiger partial charge < -0.3 is 14.8 Å². The van der Waals surface area contributed by atoms with Crippen molar-refractivity contribution in [2.45, 2.75) is 26.8 Å². The van der Waals surface area contributed by atoms with Crippen LogP contribution in [0.25, 0.3) is 6.08 Å². The molecule has 1 atom stereocenters. The minimum Gasteiger partial charge on any atom is -0.467 e. The van der Waals surface area contributed by atoms with Crippen LogP contribution in [0.3, 0.4) is 0 Å². The smallest absolute Gasteiger partial charge is 0.354 e. The van der Waals surface area contributed by atoms with Gasteiger partial charge in [0.25, 0.3) is 0 Å². The minimum atomic E-state index is -0.603. The van der Waals surface area contributed by atoms with Gasteiger partial charge in [0.05, 0.1) is 7.11 Å². The van der Waals surface area contributed by atoms with Gasteiger partial charge in [0, 0.05) is 0 Å². The molecule has 0 heterocycles. The third-order valence-electron chi connectivity index (χ3n) is 3.36. The second-order valence-electron chi connectivity index (χ2n) is 5.50. The highest BCUT2D eigenvalue weighted by Gasteiger charge is 2.25. The van der Waals surface area contributed by atoms with Gasteiger partial charge in [-0.3, -0.25) is 0 Å². The van der Waals surface area contributed by atoms with E-state index in [4.69, 9.17) is 9.47 Å². The van der Waals surface area contributed by atoms with Gasteiger partial charge in [0.2, 0.25) is 0 Å². The lowest BCUT2D eigenvalue weighted by atomic mass is 10.0. The van der Waals surface area contributed by atoms with Crippen molar-refractivity contribution in [1.82, 2.24) is 5.32 Å². The number of hydrogen-bond acceptors (Lipinski definition) is 5. The first-order valence-corrected chi connectivity index (χ1v) is 7.89. The van der Waals surface area contributed by atoms with Crippen molar-refractivity contribution < 1.29 is 19.1 Å². The van der Waals surface area contributed by atoms with E-state index in [1.807, 2.05) is 50.3 Å². The molecule has 0 aliphatic carbocycles. The Morgan fingerprint density at radius 1 is 1.21 bits per heavy atom. The van der Waals surface area contributed by atoms with Crippen LogP contribution in [0.5, 0.6) is 0 Å². The topological polar surface area (TPSA) is 64.6 Å². The van der Waals surface area contributed by atoms with Crippen LogP contribution in [0.4, 0.5) is 0 Å². The summed E-state index contributed by atoms with van der Waals surface area (Å²) in [5.41, 5.74) is 1.27. The van der Waals surface area contributed by atoms with E-state index in [1.54, 1.807) is 19.1 Å². The Hall–Kier alpha value is -2.56. The lowest BCUT2D eigenvalue weighted by molar-refractivity contribution is -0.144. The zero-order chi connectivity index (χ0) is 17.9. The molecule has 0 amide bonds. The molecular weight excluding hydrogens is 306 g/mol. The number of rotatable bonds is 8. The van der Waals surface area contributed by atoms with E-state index in [1.165, 1.54) is 7.11 Å². The molecule has 1 N–H and O–H groups in total. The zero-order valence-corrected chi connectivity index (χ0v) is 14.6. The van der Waals surface area contributed by atoms with Crippen LogP contribution in [-0.4, -0.2) is 31.7 Å². The fraction of sp³-hybridized carbons (Fsp3) is 0.368. The Balaban J connectivity index is 2.57. The van der Waals surface area contributed by atoms with E-state index in [2.05, 4.69) is 5.32 Å². The number of nitrogens with one attached hydrogen (secondary N) is 1. The summed E-state index contributed by atoms with van der Waals surface area (Å²) in [6.45, 7) is 5.60. The standard InChI is InChI=1S/C19H25NO4/c1-5-16(20-17(14(2)3)19(22)23-4)18(21)24-13-9-12-15-10-7-6-8-11-15/h5-12,14,17,20H,13H2,1-4H3/b12-9?,16-5-/t17-/m0/s1. The number of carbonyl (C=O) groups is 2. The third-order valence-corrected chi connectivity index (χ3v) is 3.36. The Bertz CT molecular complexity index is 591. The molecule has 0 saturated carbocycles. The summed E-state index contributed by atoms with van der Waals surface area (Å²) < 4.78 is 9.96. The summed E-state index contributed by atoms with van der Waals surface area (Å²) in [7, 11) is 1.32. The fourth-order valence-corrected chi connectivity index (χ4v) is 2.00. The predicted octanol–water partition coefficient (Wildman–Crippen LogP) is 2.93. The van der Waals surface area contributed by atoms with Crippen molar-refractivity contribution in [2.24, 2.45) is 5.92 Å². The monoisotopic (exact) mass is 331 g/mol. The van der Waals surface area contributed by atoms with Crippen LogP contribution in [0, 0.1) is 5.92 Å². The molecule has 0 radical (unpaired) electrons. The number of hydrogen-bond donors (Lipinski definition) is 1. The molecule has 0 aliphatic rings. The largest absolute Gasteiger partial charge is 0.467 e. The maximum absolute atomic E-state index is 12.1. The number of carbonyl (C=O) groups excluding carboxylic acids is 2. The average molecular weight is 331 g/mol. The number of ether oxygens (including phenoxy) is 2. The van der Waals surface area contributed by atoms with Gasteiger partial charge >= 0.3 is 11.9 Å². The van der Waals surface area contributed by atoms with E-state index in [0.29, 0.717) is 0 Å². The third kappa shape index (κ3) is 6.28. The van der Waals surface area contributed by atoms with Crippen molar-refractivity contribution in [1.29, 1.82) is 0 Å². The van der Waals surface area contributed by atoms with E-state index < -0.39 is 18.0 Å².